The molecule has 98 valence electrons. The third kappa shape index (κ3) is 2.38. The SMILES string of the molecule is Nc1cncc(Br)c1N1CCOc2ccccc2C1. The van der Waals surface area contributed by atoms with Gasteiger partial charge in [-0.1, -0.05) is 18.2 Å². The molecule has 0 fully saturated rings. The van der Waals surface area contributed by atoms with Crippen LogP contribution in [0.25, 0.3) is 0 Å². The Kier molecular flexibility index (Phi) is 3.29. The zero-order chi connectivity index (χ0) is 13.2. The van der Waals surface area contributed by atoms with E-state index in [9.17, 15) is 0 Å². The van der Waals surface area contributed by atoms with E-state index in [0.717, 1.165) is 29.0 Å². The third-order valence-corrected chi connectivity index (χ3v) is 3.75. The van der Waals surface area contributed by atoms with E-state index in [1.807, 2.05) is 18.2 Å². The van der Waals surface area contributed by atoms with Gasteiger partial charge >= 0.3 is 0 Å². The predicted octanol–water partition coefficient (Wildman–Crippen LogP) is 2.83. The van der Waals surface area contributed by atoms with E-state index in [0.29, 0.717) is 12.3 Å². The first kappa shape index (κ1) is 12.3. The Morgan fingerprint density at radius 1 is 1.26 bits per heavy atom. The Bertz CT molecular complexity index is 583. The van der Waals surface area contributed by atoms with E-state index in [1.54, 1.807) is 12.4 Å². The molecule has 0 radical (unpaired) electrons. The monoisotopic (exact) mass is 319 g/mol. The van der Waals surface area contributed by atoms with Crippen molar-refractivity contribution in [3.05, 3.63) is 46.7 Å². The molecule has 2 aromatic rings. The molecule has 2 heterocycles. The molecule has 1 aromatic carbocycles. The number of rotatable bonds is 1. The van der Waals surface area contributed by atoms with Crippen LogP contribution >= 0.6 is 15.9 Å². The van der Waals surface area contributed by atoms with Gasteiger partial charge in [-0.05, 0) is 22.0 Å². The highest BCUT2D eigenvalue weighted by Gasteiger charge is 2.19. The molecule has 5 heteroatoms. The Morgan fingerprint density at radius 2 is 2.11 bits per heavy atom. The number of hydrogen-bond acceptors (Lipinski definition) is 4. The number of halogens is 1. The van der Waals surface area contributed by atoms with Crippen LogP contribution in [-0.4, -0.2) is 18.1 Å². The predicted molar refractivity (Wildman–Crippen MR) is 79.3 cm³/mol. The lowest BCUT2D eigenvalue weighted by atomic mass is 10.2. The number of pyridine rings is 1. The highest BCUT2D eigenvalue weighted by Crippen LogP contribution is 2.34. The quantitative estimate of drug-likeness (QED) is 0.878. The Labute approximate surface area is 120 Å². The minimum Gasteiger partial charge on any atom is -0.491 e. The summed E-state index contributed by atoms with van der Waals surface area (Å²) in [5.74, 6) is 0.953. The van der Waals surface area contributed by atoms with Gasteiger partial charge in [-0.25, -0.2) is 0 Å². The normalized spacial score (nSPS) is 14.5. The van der Waals surface area contributed by atoms with E-state index in [2.05, 4.69) is 31.9 Å². The Morgan fingerprint density at radius 3 is 2.95 bits per heavy atom. The molecule has 4 nitrogen and oxygen atoms in total. The standard InChI is InChI=1S/C14H14BrN3O/c15-11-7-17-8-12(16)14(11)18-5-6-19-13-4-2-1-3-10(13)9-18/h1-4,7-8H,5-6,9,16H2. The Hall–Kier alpha value is -1.75. The van der Waals surface area contributed by atoms with Crippen molar-refractivity contribution in [3.8, 4) is 5.75 Å². The van der Waals surface area contributed by atoms with E-state index in [-0.39, 0.29) is 0 Å². The largest absolute Gasteiger partial charge is 0.491 e. The van der Waals surface area contributed by atoms with Crippen LogP contribution < -0.4 is 15.4 Å². The number of aromatic nitrogens is 1. The first-order valence-electron chi connectivity index (χ1n) is 6.10. The maximum atomic E-state index is 6.05. The number of hydrogen-bond donors (Lipinski definition) is 1. The Balaban J connectivity index is 1.99. The molecule has 0 aliphatic carbocycles. The number of nitrogens with two attached hydrogens (primary N) is 1. The maximum absolute atomic E-state index is 6.05. The van der Waals surface area contributed by atoms with Gasteiger partial charge in [0.05, 0.1) is 28.6 Å². The summed E-state index contributed by atoms with van der Waals surface area (Å²) in [5.41, 5.74) is 8.87. The average Bonchev–Trinajstić information content (AvgIpc) is 2.60. The number of ether oxygens (including phenoxy) is 1. The summed E-state index contributed by atoms with van der Waals surface area (Å²) < 4.78 is 6.68. The third-order valence-electron chi connectivity index (χ3n) is 3.17. The van der Waals surface area contributed by atoms with Crippen molar-refractivity contribution in [1.82, 2.24) is 4.98 Å². The number of nitrogen functional groups attached to an aromatic ring is 1. The lowest BCUT2D eigenvalue weighted by Crippen LogP contribution is -2.26. The van der Waals surface area contributed by atoms with Crippen LogP contribution in [0.1, 0.15) is 5.56 Å². The van der Waals surface area contributed by atoms with Gasteiger partial charge in [0, 0.05) is 18.3 Å². The molecule has 1 aliphatic rings. The lowest BCUT2D eigenvalue weighted by Gasteiger charge is -2.24. The molecule has 0 saturated carbocycles. The number of para-hydroxylation sites is 1. The second kappa shape index (κ2) is 5.09. The fraction of sp³-hybridized carbons (Fsp3) is 0.214. The van der Waals surface area contributed by atoms with Gasteiger partial charge in [-0.15, -0.1) is 0 Å². The van der Waals surface area contributed by atoms with Crippen molar-refractivity contribution in [3.63, 3.8) is 0 Å². The van der Waals surface area contributed by atoms with Crippen LogP contribution in [0.15, 0.2) is 41.1 Å². The number of benzene rings is 1. The van der Waals surface area contributed by atoms with Gasteiger partial charge in [0.25, 0.3) is 0 Å². The lowest BCUT2D eigenvalue weighted by molar-refractivity contribution is 0.331. The summed E-state index contributed by atoms with van der Waals surface area (Å²) in [6.07, 6.45) is 3.45. The minimum atomic E-state index is 0.644. The van der Waals surface area contributed by atoms with E-state index in [1.165, 1.54) is 5.56 Å². The van der Waals surface area contributed by atoms with Crippen LogP contribution in [0.5, 0.6) is 5.75 Å². The topological polar surface area (TPSA) is 51.4 Å². The van der Waals surface area contributed by atoms with Crippen LogP contribution in [0.3, 0.4) is 0 Å². The summed E-state index contributed by atoms with van der Waals surface area (Å²) >= 11 is 3.52. The molecule has 0 bridgehead atoms. The first-order chi connectivity index (χ1) is 9.25. The summed E-state index contributed by atoms with van der Waals surface area (Å²) in [5, 5.41) is 0. The van der Waals surface area contributed by atoms with Crippen LogP contribution in [-0.2, 0) is 6.54 Å². The highest BCUT2D eigenvalue weighted by atomic mass is 79.9. The highest BCUT2D eigenvalue weighted by molar-refractivity contribution is 9.10. The van der Waals surface area contributed by atoms with Gasteiger partial charge in [0.15, 0.2) is 0 Å². The zero-order valence-corrected chi connectivity index (χ0v) is 11.9. The molecule has 0 atom stereocenters. The van der Waals surface area contributed by atoms with Gasteiger partial charge < -0.3 is 15.4 Å². The molecule has 0 saturated heterocycles. The van der Waals surface area contributed by atoms with Crippen molar-refractivity contribution in [2.45, 2.75) is 6.54 Å². The molecule has 1 aliphatic heterocycles. The van der Waals surface area contributed by atoms with Crippen molar-refractivity contribution >= 4 is 27.3 Å². The molecule has 1 aromatic heterocycles. The number of nitrogens with zero attached hydrogens (tertiary/aromatic N) is 2. The van der Waals surface area contributed by atoms with Gasteiger partial charge in [0.1, 0.15) is 12.4 Å². The van der Waals surface area contributed by atoms with E-state index >= 15 is 0 Å². The summed E-state index contributed by atoms with van der Waals surface area (Å²) in [6.45, 7) is 2.22. The summed E-state index contributed by atoms with van der Waals surface area (Å²) in [4.78, 5) is 6.29. The smallest absolute Gasteiger partial charge is 0.124 e. The molecule has 0 amide bonds. The molecule has 19 heavy (non-hydrogen) atoms. The minimum absolute atomic E-state index is 0.644. The summed E-state index contributed by atoms with van der Waals surface area (Å²) in [7, 11) is 0. The van der Waals surface area contributed by atoms with Crippen molar-refractivity contribution in [2.75, 3.05) is 23.8 Å². The van der Waals surface area contributed by atoms with Gasteiger partial charge in [0.2, 0.25) is 0 Å². The fourth-order valence-corrected chi connectivity index (χ4v) is 2.89. The second-order valence-electron chi connectivity index (χ2n) is 4.44. The van der Waals surface area contributed by atoms with Crippen LogP contribution in [0.2, 0.25) is 0 Å². The van der Waals surface area contributed by atoms with Gasteiger partial charge in [-0.2, -0.15) is 0 Å². The van der Waals surface area contributed by atoms with Crippen molar-refractivity contribution in [1.29, 1.82) is 0 Å². The van der Waals surface area contributed by atoms with E-state index in [4.69, 9.17) is 10.5 Å². The number of fused-ring (bicyclic) bond motifs is 1. The summed E-state index contributed by atoms with van der Waals surface area (Å²) in [6, 6.07) is 8.10. The molecule has 2 N–H and O–H groups in total. The molecular weight excluding hydrogens is 306 g/mol. The van der Waals surface area contributed by atoms with E-state index < -0.39 is 0 Å². The zero-order valence-electron chi connectivity index (χ0n) is 10.3. The van der Waals surface area contributed by atoms with Crippen molar-refractivity contribution in [2.24, 2.45) is 0 Å². The molecule has 0 spiro atoms. The fourth-order valence-electron chi connectivity index (χ4n) is 2.29. The van der Waals surface area contributed by atoms with Gasteiger partial charge in [-0.3, -0.25) is 4.98 Å². The molecule has 3 rings (SSSR count). The maximum Gasteiger partial charge on any atom is 0.124 e. The number of anilines is 2. The van der Waals surface area contributed by atoms with Crippen LogP contribution in [0, 0.1) is 0 Å². The van der Waals surface area contributed by atoms with Crippen molar-refractivity contribution < 1.29 is 4.74 Å². The first-order valence-corrected chi connectivity index (χ1v) is 6.89. The second-order valence-corrected chi connectivity index (χ2v) is 5.29. The van der Waals surface area contributed by atoms with Crippen LogP contribution in [0.4, 0.5) is 11.4 Å². The average molecular weight is 320 g/mol. The molecule has 0 unspecified atom stereocenters. The molecular formula is C14H14BrN3O.